The van der Waals surface area contributed by atoms with Crippen molar-refractivity contribution in [2.75, 3.05) is 0 Å². The van der Waals surface area contributed by atoms with Gasteiger partial charge in [-0.15, -0.1) is 0 Å². The monoisotopic (exact) mass is 292 g/mol. The normalized spacial score (nSPS) is 10.3. The van der Waals surface area contributed by atoms with Crippen LogP contribution < -0.4 is 0 Å². The summed E-state index contributed by atoms with van der Waals surface area (Å²) in [5.74, 6) is -0.354. The molecule has 0 atom stereocenters. The zero-order chi connectivity index (χ0) is 15.4. The summed E-state index contributed by atoms with van der Waals surface area (Å²) in [6, 6.07) is 25.0. The van der Waals surface area contributed by atoms with Gasteiger partial charge < -0.3 is 0 Å². The van der Waals surface area contributed by atoms with Gasteiger partial charge >= 0.3 is 0 Å². The predicted molar refractivity (Wildman–Crippen MR) is 87.8 cm³/mol. The van der Waals surface area contributed by atoms with Crippen LogP contribution in [0.25, 0.3) is 21.5 Å². The zero-order valence-electron chi connectivity index (χ0n) is 11.8. The van der Waals surface area contributed by atoms with E-state index in [4.69, 9.17) is 0 Å². The van der Waals surface area contributed by atoms with Crippen molar-refractivity contribution in [2.45, 2.75) is 0 Å². The minimum atomic E-state index is -0.177. The van der Waals surface area contributed by atoms with E-state index in [1.165, 1.54) is 24.3 Å². The molecule has 0 radical (unpaired) electrons. The minimum absolute atomic E-state index is 0.177. The van der Waals surface area contributed by atoms with E-state index in [0.717, 1.165) is 21.5 Å². The third kappa shape index (κ3) is 3.29. The number of hydrogen-bond donors (Lipinski definition) is 0. The van der Waals surface area contributed by atoms with Gasteiger partial charge in [-0.2, -0.15) is 0 Å². The van der Waals surface area contributed by atoms with Crippen LogP contribution in [0.5, 0.6) is 0 Å². The first-order chi connectivity index (χ1) is 10.7. The molecule has 4 rings (SSSR count). The molecular weight excluding hydrogens is 278 g/mol. The largest absolute Gasteiger partial charge is 0.207 e. The maximum absolute atomic E-state index is 12.6. The highest BCUT2D eigenvalue weighted by Gasteiger charge is 1.93. The second-order valence-corrected chi connectivity index (χ2v) is 4.98. The molecule has 0 saturated heterocycles. The molecule has 0 fully saturated rings. The Labute approximate surface area is 127 Å². The minimum Gasteiger partial charge on any atom is -0.207 e. The topological polar surface area (TPSA) is 0 Å². The van der Waals surface area contributed by atoms with Crippen molar-refractivity contribution in [3.8, 4) is 0 Å². The lowest BCUT2D eigenvalue weighted by Crippen LogP contribution is -1.73. The summed E-state index contributed by atoms with van der Waals surface area (Å²) in [5, 5.41) is 4.06. The Morgan fingerprint density at radius 2 is 0.773 bits per heavy atom. The van der Waals surface area contributed by atoms with Crippen LogP contribution >= 0.6 is 0 Å². The van der Waals surface area contributed by atoms with Crippen molar-refractivity contribution in [2.24, 2.45) is 0 Å². The van der Waals surface area contributed by atoms with Crippen LogP contribution in [0.3, 0.4) is 0 Å². The highest BCUT2D eigenvalue weighted by molar-refractivity contribution is 5.82. The molecule has 0 aliphatic heterocycles. The summed E-state index contributed by atoms with van der Waals surface area (Å²) in [7, 11) is 0. The molecule has 0 unspecified atom stereocenters. The van der Waals surface area contributed by atoms with E-state index < -0.39 is 0 Å². The molecule has 108 valence electrons. The van der Waals surface area contributed by atoms with Gasteiger partial charge in [0, 0.05) is 0 Å². The fraction of sp³-hybridized carbons (Fsp3) is 0. The smallest absolute Gasteiger partial charge is 0.123 e. The third-order valence-electron chi connectivity index (χ3n) is 3.42. The van der Waals surface area contributed by atoms with E-state index in [2.05, 4.69) is 0 Å². The van der Waals surface area contributed by atoms with Gasteiger partial charge in [0.2, 0.25) is 0 Å². The van der Waals surface area contributed by atoms with E-state index in [1.807, 2.05) is 48.5 Å². The lowest BCUT2D eigenvalue weighted by Gasteiger charge is -1.94. The quantitative estimate of drug-likeness (QED) is 0.375. The Morgan fingerprint density at radius 3 is 1.18 bits per heavy atom. The second-order valence-electron chi connectivity index (χ2n) is 4.98. The van der Waals surface area contributed by atoms with Crippen molar-refractivity contribution in [3.63, 3.8) is 0 Å². The molecule has 22 heavy (non-hydrogen) atoms. The highest BCUT2D eigenvalue weighted by Crippen LogP contribution is 2.14. The number of benzene rings is 4. The van der Waals surface area contributed by atoms with E-state index in [-0.39, 0.29) is 11.6 Å². The van der Waals surface area contributed by atoms with E-state index in [9.17, 15) is 8.78 Å². The van der Waals surface area contributed by atoms with Gasteiger partial charge in [-0.05, 0) is 45.8 Å². The average Bonchev–Trinajstić information content (AvgIpc) is 2.55. The fourth-order valence-corrected chi connectivity index (χ4v) is 2.32. The van der Waals surface area contributed by atoms with Crippen molar-refractivity contribution >= 4 is 21.5 Å². The summed E-state index contributed by atoms with van der Waals surface area (Å²) < 4.78 is 25.3. The predicted octanol–water partition coefficient (Wildman–Crippen LogP) is 5.96. The molecule has 0 aliphatic carbocycles. The van der Waals surface area contributed by atoms with Crippen molar-refractivity contribution in [1.82, 2.24) is 0 Å². The van der Waals surface area contributed by atoms with Gasteiger partial charge in [0.05, 0.1) is 0 Å². The molecule has 0 aliphatic rings. The summed E-state index contributed by atoms with van der Waals surface area (Å²) in [5.41, 5.74) is 0. The van der Waals surface area contributed by atoms with Gasteiger partial charge in [-0.3, -0.25) is 0 Å². The summed E-state index contributed by atoms with van der Waals surface area (Å²) >= 11 is 0. The third-order valence-corrected chi connectivity index (χ3v) is 3.42. The van der Waals surface area contributed by atoms with Crippen LogP contribution in [0.15, 0.2) is 84.9 Å². The molecule has 0 heterocycles. The van der Waals surface area contributed by atoms with Gasteiger partial charge in [0.25, 0.3) is 0 Å². The van der Waals surface area contributed by atoms with E-state index in [1.54, 1.807) is 12.1 Å². The van der Waals surface area contributed by atoms with Crippen LogP contribution in [0.1, 0.15) is 0 Å². The van der Waals surface area contributed by atoms with Crippen LogP contribution in [-0.4, -0.2) is 0 Å². The number of fused-ring (bicyclic) bond motifs is 2. The molecule has 4 aromatic rings. The molecule has 0 nitrogen and oxygen atoms in total. The fourth-order valence-electron chi connectivity index (χ4n) is 2.32. The SMILES string of the molecule is Fc1ccc2ccccc2c1.Fc1ccc2ccccc2c1. The average molecular weight is 292 g/mol. The van der Waals surface area contributed by atoms with Gasteiger partial charge in [-0.1, -0.05) is 60.7 Å². The van der Waals surface area contributed by atoms with E-state index in [0.29, 0.717) is 0 Å². The molecule has 2 heteroatoms. The zero-order valence-corrected chi connectivity index (χ0v) is 11.8. The molecule has 0 spiro atoms. The Hall–Kier alpha value is -2.74. The first kappa shape index (κ1) is 14.2. The number of halogens is 2. The lowest BCUT2D eigenvalue weighted by molar-refractivity contribution is 0.629. The molecule has 0 amide bonds. The molecular formula is C20H14F2. The lowest BCUT2D eigenvalue weighted by atomic mass is 10.1. The van der Waals surface area contributed by atoms with Gasteiger partial charge in [-0.25, -0.2) is 8.78 Å². The maximum atomic E-state index is 12.6. The van der Waals surface area contributed by atoms with Crippen molar-refractivity contribution in [3.05, 3.63) is 96.6 Å². The second kappa shape index (κ2) is 6.35. The molecule has 0 aromatic heterocycles. The maximum Gasteiger partial charge on any atom is 0.123 e. The summed E-state index contributed by atoms with van der Waals surface area (Å²) in [6.45, 7) is 0. The molecule has 0 N–H and O–H groups in total. The van der Waals surface area contributed by atoms with Crippen molar-refractivity contribution in [1.29, 1.82) is 0 Å². The Bertz CT molecular complexity index is 836. The summed E-state index contributed by atoms with van der Waals surface area (Å²) in [4.78, 5) is 0. The van der Waals surface area contributed by atoms with Crippen LogP contribution in [0, 0.1) is 11.6 Å². The van der Waals surface area contributed by atoms with Crippen LogP contribution in [-0.2, 0) is 0 Å². The number of hydrogen-bond acceptors (Lipinski definition) is 0. The van der Waals surface area contributed by atoms with Gasteiger partial charge in [0.15, 0.2) is 0 Å². The summed E-state index contributed by atoms with van der Waals surface area (Å²) in [6.07, 6.45) is 0. The molecule has 0 bridgehead atoms. The van der Waals surface area contributed by atoms with Crippen LogP contribution in [0.4, 0.5) is 8.78 Å². The van der Waals surface area contributed by atoms with Crippen molar-refractivity contribution < 1.29 is 8.78 Å². The van der Waals surface area contributed by atoms with Gasteiger partial charge in [0.1, 0.15) is 11.6 Å². The Morgan fingerprint density at radius 1 is 0.409 bits per heavy atom. The number of rotatable bonds is 0. The first-order valence-electron chi connectivity index (χ1n) is 7.01. The first-order valence-corrected chi connectivity index (χ1v) is 7.01. The molecule has 4 aromatic carbocycles. The Balaban J connectivity index is 0.000000131. The standard InChI is InChI=1S/2C10H7F/c2*11-10-6-5-8-3-1-2-4-9(8)7-10/h2*1-7H. The Kier molecular flexibility index (Phi) is 4.10. The molecule has 0 saturated carbocycles. The van der Waals surface area contributed by atoms with Crippen LogP contribution in [0.2, 0.25) is 0 Å². The van der Waals surface area contributed by atoms with E-state index >= 15 is 0 Å². The highest BCUT2D eigenvalue weighted by atomic mass is 19.1.